The third kappa shape index (κ3) is 7.33. The zero-order valence-corrected chi connectivity index (χ0v) is 11.5. The van der Waals surface area contributed by atoms with Gasteiger partial charge in [0.25, 0.3) is 0 Å². The standard InChI is InChI=1S/C9H17F3N2O4S/c1-14(2,7-4-8(15)16)6-3-5-13-19(17,18)9(10,11)12/h13H,3-7H2,1-2H3/p+1. The molecule has 0 aliphatic heterocycles. The number of alkyl halides is 3. The molecular formula is C9H18F3N2O4S+. The van der Waals surface area contributed by atoms with Crippen LogP contribution in [-0.4, -0.2) is 63.2 Å². The van der Waals surface area contributed by atoms with Crippen LogP contribution in [0.15, 0.2) is 0 Å². The molecule has 0 aliphatic rings. The highest BCUT2D eigenvalue weighted by Gasteiger charge is 2.45. The van der Waals surface area contributed by atoms with Gasteiger partial charge < -0.3 is 9.59 Å². The summed E-state index contributed by atoms with van der Waals surface area (Å²) in [5.74, 6) is -0.955. The fourth-order valence-electron chi connectivity index (χ4n) is 1.31. The second kappa shape index (κ2) is 6.53. The summed E-state index contributed by atoms with van der Waals surface area (Å²) in [7, 11) is -1.85. The zero-order chi connectivity index (χ0) is 15.3. The highest BCUT2D eigenvalue weighted by atomic mass is 32.2. The lowest BCUT2D eigenvalue weighted by Crippen LogP contribution is -2.44. The first-order valence-corrected chi connectivity index (χ1v) is 6.95. The van der Waals surface area contributed by atoms with Crippen molar-refractivity contribution in [3.8, 4) is 0 Å². The molecule has 0 saturated heterocycles. The van der Waals surface area contributed by atoms with E-state index in [1.807, 2.05) is 0 Å². The van der Waals surface area contributed by atoms with Crippen molar-refractivity contribution in [3.63, 3.8) is 0 Å². The van der Waals surface area contributed by atoms with Crippen LogP contribution in [0.2, 0.25) is 0 Å². The summed E-state index contributed by atoms with van der Waals surface area (Å²) in [6, 6.07) is 0. The lowest BCUT2D eigenvalue weighted by atomic mass is 10.3. The van der Waals surface area contributed by atoms with E-state index >= 15 is 0 Å². The first kappa shape index (κ1) is 18.1. The minimum absolute atomic E-state index is 0.0543. The van der Waals surface area contributed by atoms with Crippen molar-refractivity contribution in [2.75, 3.05) is 33.7 Å². The molecule has 114 valence electrons. The molecule has 0 aromatic rings. The maximum absolute atomic E-state index is 12.0. The van der Waals surface area contributed by atoms with E-state index < -0.39 is 21.5 Å². The van der Waals surface area contributed by atoms with E-state index in [1.165, 1.54) is 4.72 Å². The quantitative estimate of drug-likeness (QED) is 0.501. The second-order valence-corrected chi connectivity index (χ2v) is 6.48. The average molecular weight is 307 g/mol. The van der Waals surface area contributed by atoms with Crippen molar-refractivity contribution in [1.82, 2.24) is 4.72 Å². The smallest absolute Gasteiger partial charge is 0.481 e. The van der Waals surface area contributed by atoms with Gasteiger partial charge in [0.15, 0.2) is 0 Å². The molecule has 0 radical (unpaired) electrons. The van der Waals surface area contributed by atoms with Gasteiger partial charge in [-0.1, -0.05) is 0 Å². The maximum atomic E-state index is 12.0. The maximum Gasteiger partial charge on any atom is 0.511 e. The second-order valence-electron chi connectivity index (χ2n) is 4.72. The number of sulfonamides is 1. The molecule has 0 atom stereocenters. The predicted molar refractivity (Wildman–Crippen MR) is 61.7 cm³/mol. The summed E-state index contributed by atoms with van der Waals surface area (Å²) >= 11 is 0. The molecule has 0 spiro atoms. The molecular weight excluding hydrogens is 289 g/mol. The number of carboxylic acid groups (broad SMARTS) is 1. The summed E-state index contributed by atoms with van der Waals surface area (Å²) in [5.41, 5.74) is -5.30. The Morgan fingerprint density at radius 3 is 2.21 bits per heavy atom. The molecule has 0 amide bonds. The van der Waals surface area contributed by atoms with E-state index in [2.05, 4.69) is 0 Å². The normalized spacial score (nSPS) is 13.5. The topological polar surface area (TPSA) is 83.5 Å². The van der Waals surface area contributed by atoms with Crippen LogP contribution in [0.1, 0.15) is 12.8 Å². The molecule has 6 nitrogen and oxygen atoms in total. The minimum Gasteiger partial charge on any atom is -0.481 e. The number of halogens is 3. The van der Waals surface area contributed by atoms with E-state index in [0.29, 0.717) is 17.6 Å². The third-order valence-electron chi connectivity index (χ3n) is 2.47. The predicted octanol–water partition coefficient (Wildman–Crippen LogP) is 0.367. The van der Waals surface area contributed by atoms with Crippen molar-refractivity contribution in [1.29, 1.82) is 0 Å². The van der Waals surface area contributed by atoms with Gasteiger partial charge in [-0.15, -0.1) is 0 Å². The Bertz CT molecular complexity index is 406. The van der Waals surface area contributed by atoms with Crippen LogP contribution in [-0.2, 0) is 14.8 Å². The summed E-state index contributed by atoms with van der Waals surface area (Å²) in [6.07, 6.45) is 0.128. The molecule has 0 rings (SSSR count). The van der Waals surface area contributed by atoms with Crippen molar-refractivity contribution in [2.24, 2.45) is 0 Å². The van der Waals surface area contributed by atoms with Gasteiger partial charge in [-0.25, -0.2) is 13.1 Å². The Labute approximate surface area is 109 Å². The number of quaternary nitrogens is 1. The van der Waals surface area contributed by atoms with Crippen LogP contribution < -0.4 is 4.72 Å². The Morgan fingerprint density at radius 1 is 1.26 bits per heavy atom. The Balaban J connectivity index is 4.08. The molecule has 0 heterocycles. The van der Waals surface area contributed by atoms with Gasteiger partial charge in [0.2, 0.25) is 0 Å². The average Bonchev–Trinajstić information content (AvgIpc) is 2.20. The fourth-order valence-corrected chi connectivity index (χ4v) is 1.88. The fraction of sp³-hybridized carbons (Fsp3) is 0.889. The van der Waals surface area contributed by atoms with Crippen molar-refractivity contribution in [2.45, 2.75) is 18.3 Å². The number of carboxylic acids is 1. The molecule has 0 bridgehead atoms. The van der Waals surface area contributed by atoms with Gasteiger partial charge in [-0.2, -0.15) is 13.2 Å². The number of rotatable bonds is 8. The molecule has 19 heavy (non-hydrogen) atoms. The number of nitrogens with zero attached hydrogens (tertiary/aromatic N) is 1. The van der Waals surface area contributed by atoms with Gasteiger partial charge in [0.05, 0.1) is 33.6 Å². The minimum atomic E-state index is -5.30. The first-order chi connectivity index (χ1) is 8.37. The highest BCUT2D eigenvalue weighted by molar-refractivity contribution is 7.90. The van der Waals surface area contributed by atoms with E-state index in [4.69, 9.17) is 5.11 Å². The Kier molecular flexibility index (Phi) is 6.23. The van der Waals surface area contributed by atoms with Crippen LogP contribution in [0.4, 0.5) is 13.2 Å². The summed E-state index contributed by atoms with van der Waals surface area (Å²) in [5, 5.41) is 8.52. The van der Waals surface area contributed by atoms with Gasteiger partial charge in [-0.3, -0.25) is 4.79 Å². The summed E-state index contributed by atoms with van der Waals surface area (Å²) in [4.78, 5) is 10.4. The lowest BCUT2D eigenvalue weighted by Gasteiger charge is -2.29. The highest BCUT2D eigenvalue weighted by Crippen LogP contribution is 2.21. The molecule has 0 aromatic heterocycles. The van der Waals surface area contributed by atoms with E-state index in [1.54, 1.807) is 14.1 Å². The van der Waals surface area contributed by atoms with E-state index in [0.717, 1.165) is 0 Å². The zero-order valence-electron chi connectivity index (χ0n) is 10.7. The van der Waals surface area contributed by atoms with Gasteiger partial charge in [0.1, 0.15) is 0 Å². The van der Waals surface area contributed by atoms with Crippen LogP contribution in [0, 0.1) is 0 Å². The van der Waals surface area contributed by atoms with Crippen LogP contribution in [0.3, 0.4) is 0 Å². The number of carbonyl (C=O) groups is 1. The number of hydrogen-bond donors (Lipinski definition) is 2. The molecule has 0 aliphatic carbocycles. The molecule has 0 fully saturated rings. The first-order valence-electron chi connectivity index (χ1n) is 5.47. The Morgan fingerprint density at radius 2 is 1.79 bits per heavy atom. The Hall–Kier alpha value is -0.870. The van der Waals surface area contributed by atoms with E-state index in [-0.39, 0.29) is 19.4 Å². The monoisotopic (exact) mass is 307 g/mol. The largest absolute Gasteiger partial charge is 0.511 e. The van der Waals surface area contributed by atoms with Crippen molar-refractivity contribution < 1.29 is 36.0 Å². The SMILES string of the molecule is C[N+](C)(CCCNS(=O)(=O)C(F)(F)F)CCC(=O)O. The van der Waals surface area contributed by atoms with Gasteiger partial charge in [-0.05, 0) is 0 Å². The summed E-state index contributed by atoms with van der Waals surface area (Å²) in [6.45, 7) is 0.353. The number of hydrogen-bond acceptors (Lipinski definition) is 3. The molecule has 0 saturated carbocycles. The lowest BCUT2D eigenvalue weighted by molar-refractivity contribution is -0.889. The van der Waals surface area contributed by atoms with Gasteiger partial charge >= 0.3 is 21.5 Å². The number of nitrogens with one attached hydrogen (secondary N) is 1. The number of aliphatic carboxylic acids is 1. The molecule has 0 unspecified atom stereocenters. The van der Waals surface area contributed by atoms with Gasteiger partial charge in [0, 0.05) is 13.0 Å². The van der Waals surface area contributed by atoms with E-state index in [9.17, 15) is 26.4 Å². The molecule has 0 aromatic carbocycles. The van der Waals surface area contributed by atoms with Crippen LogP contribution >= 0.6 is 0 Å². The third-order valence-corrected chi connectivity index (χ3v) is 3.66. The molecule has 2 N–H and O–H groups in total. The van der Waals surface area contributed by atoms with Crippen LogP contribution in [0.25, 0.3) is 0 Å². The van der Waals surface area contributed by atoms with Crippen molar-refractivity contribution in [3.05, 3.63) is 0 Å². The van der Waals surface area contributed by atoms with Crippen molar-refractivity contribution >= 4 is 16.0 Å². The van der Waals surface area contributed by atoms with Crippen LogP contribution in [0.5, 0.6) is 0 Å². The molecule has 10 heteroatoms. The summed E-state index contributed by atoms with van der Waals surface area (Å²) < 4.78 is 59.0.